The maximum atomic E-state index is 10.6. The summed E-state index contributed by atoms with van der Waals surface area (Å²) in [7, 11) is 1.76. The molecule has 1 heterocycles. The summed E-state index contributed by atoms with van der Waals surface area (Å²) in [6.45, 7) is 0. The molecule has 0 saturated heterocycles. The van der Waals surface area contributed by atoms with Gasteiger partial charge in [-0.25, -0.2) is 0 Å². The average Bonchev–Trinajstić information content (AvgIpc) is 2.89. The van der Waals surface area contributed by atoms with Crippen molar-refractivity contribution in [3.8, 4) is 0 Å². The first kappa shape index (κ1) is 14.8. The van der Waals surface area contributed by atoms with Gasteiger partial charge in [0.1, 0.15) is 10.7 Å². The van der Waals surface area contributed by atoms with E-state index < -0.39 is 4.92 Å². The Labute approximate surface area is 125 Å². The summed E-state index contributed by atoms with van der Waals surface area (Å²) in [6.07, 6.45) is 0.581. The summed E-state index contributed by atoms with van der Waals surface area (Å²) in [5, 5.41) is 14.7. The minimum atomic E-state index is -0.560. The van der Waals surface area contributed by atoms with E-state index in [9.17, 15) is 10.1 Å². The second-order valence-electron chi connectivity index (χ2n) is 4.23. The SMILES string of the molecule is CNC(Cc1ccc(Cl)c(Cl)c1)c1ccc([N+](=O)[O-])o1. The lowest BCUT2D eigenvalue weighted by Gasteiger charge is -2.13. The van der Waals surface area contributed by atoms with E-state index >= 15 is 0 Å². The number of nitrogens with one attached hydrogen (secondary N) is 1. The van der Waals surface area contributed by atoms with Crippen molar-refractivity contribution in [1.82, 2.24) is 5.32 Å². The van der Waals surface area contributed by atoms with E-state index in [1.54, 1.807) is 25.2 Å². The van der Waals surface area contributed by atoms with E-state index in [2.05, 4.69) is 5.32 Å². The minimum Gasteiger partial charge on any atom is -0.404 e. The Morgan fingerprint density at radius 2 is 2.05 bits per heavy atom. The zero-order valence-electron chi connectivity index (χ0n) is 10.6. The first-order valence-corrected chi connectivity index (χ1v) is 6.62. The summed E-state index contributed by atoms with van der Waals surface area (Å²) in [6, 6.07) is 8.10. The number of hydrogen-bond donors (Lipinski definition) is 1. The molecule has 0 radical (unpaired) electrons. The number of rotatable bonds is 5. The molecule has 1 aromatic carbocycles. The highest BCUT2D eigenvalue weighted by Crippen LogP contribution is 2.27. The van der Waals surface area contributed by atoms with Gasteiger partial charge in [0.2, 0.25) is 0 Å². The molecule has 0 amide bonds. The predicted molar refractivity (Wildman–Crippen MR) is 77.3 cm³/mol. The molecule has 0 spiro atoms. The normalized spacial score (nSPS) is 12.3. The molecule has 1 atom stereocenters. The van der Waals surface area contributed by atoms with Crippen LogP contribution in [0.5, 0.6) is 0 Å². The number of nitrogens with zero attached hydrogens (tertiary/aromatic N) is 1. The van der Waals surface area contributed by atoms with Crippen LogP contribution in [-0.4, -0.2) is 12.0 Å². The van der Waals surface area contributed by atoms with Gasteiger partial charge in [0.25, 0.3) is 0 Å². The Kier molecular flexibility index (Phi) is 4.65. The monoisotopic (exact) mass is 314 g/mol. The Morgan fingerprint density at radius 1 is 1.30 bits per heavy atom. The average molecular weight is 315 g/mol. The van der Waals surface area contributed by atoms with Crippen molar-refractivity contribution in [3.05, 3.63) is 61.8 Å². The maximum Gasteiger partial charge on any atom is 0.433 e. The standard InChI is InChI=1S/C13H12Cl2N2O3/c1-16-11(12-4-5-13(20-12)17(18)19)7-8-2-3-9(14)10(15)6-8/h2-6,11,16H,7H2,1H3. The van der Waals surface area contributed by atoms with Crippen LogP contribution in [0.25, 0.3) is 0 Å². The van der Waals surface area contributed by atoms with Gasteiger partial charge in [0.05, 0.1) is 22.2 Å². The van der Waals surface area contributed by atoms with Gasteiger partial charge in [-0.05, 0) is 37.2 Å². The van der Waals surface area contributed by atoms with E-state index in [-0.39, 0.29) is 11.9 Å². The third-order valence-corrected chi connectivity index (χ3v) is 3.65. The maximum absolute atomic E-state index is 10.6. The van der Waals surface area contributed by atoms with Gasteiger partial charge >= 0.3 is 5.88 Å². The molecule has 0 aliphatic heterocycles. The molecule has 0 aliphatic rings. The van der Waals surface area contributed by atoms with Gasteiger partial charge in [-0.3, -0.25) is 10.1 Å². The van der Waals surface area contributed by atoms with Crippen LogP contribution in [0.2, 0.25) is 10.0 Å². The van der Waals surface area contributed by atoms with Gasteiger partial charge in [0, 0.05) is 0 Å². The summed E-state index contributed by atoms with van der Waals surface area (Å²) >= 11 is 11.8. The van der Waals surface area contributed by atoms with E-state index in [4.69, 9.17) is 27.6 Å². The second-order valence-corrected chi connectivity index (χ2v) is 5.04. The minimum absolute atomic E-state index is 0.180. The molecular weight excluding hydrogens is 303 g/mol. The number of likely N-dealkylation sites (N-methyl/N-ethyl adjacent to an activating group) is 1. The van der Waals surface area contributed by atoms with Crippen LogP contribution in [0.4, 0.5) is 5.88 Å². The fraction of sp³-hybridized carbons (Fsp3) is 0.231. The molecule has 2 aromatic rings. The third kappa shape index (κ3) is 3.30. The van der Waals surface area contributed by atoms with Crippen LogP contribution in [0.3, 0.4) is 0 Å². The highest BCUT2D eigenvalue weighted by Gasteiger charge is 2.19. The molecule has 7 heteroatoms. The predicted octanol–water partition coefficient (Wildman–Crippen LogP) is 4.00. The number of benzene rings is 1. The molecule has 0 bridgehead atoms. The van der Waals surface area contributed by atoms with Crippen molar-refractivity contribution in [3.63, 3.8) is 0 Å². The largest absolute Gasteiger partial charge is 0.433 e. The van der Waals surface area contributed by atoms with Gasteiger partial charge in [0.15, 0.2) is 0 Å². The van der Waals surface area contributed by atoms with Crippen LogP contribution >= 0.6 is 23.2 Å². The lowest BCUT2D eigenvalue weighted by atomic mass is 10.0. The van der Waals surface area contributed by atoms with Crippen molar-refractivity contribution in [2.75, 3.05) is 7.05 Å². The quantitative estimate of drug-likeness (QED) is 0.669. The number of halogens is 2. The molecule has 106 valence electrons. The van der Waals surface area contributed by atoms with Crippen molar-refractivity contribution >= 4 is 29.1 Å². The summed E-state index contributed by atoms with van der Waals surface area (Å²) in [4.78, 5) is 10.1. The van der Waals surface area contributed by atoms with Crippen molar-refractivity contribution in [2.45, 2.75) is 12.5 Å². The Balaban J connectivity index is 2.19. The van der Waals surface area contributed by atoms with Crippen LogP contribution < -0.4 is 5.32 Å². The second kappa shape index (κ2) is 6.26. The Morgan fingerprint density at radius 3 is 2.60 bits per heavy atom. The molecule has 1 N–H and O–H groups in total. The van der Waals surface area contributed by atoms with Gasteiger partial charge in [-0.2, -0.15) is 0 Å². The van der Waals surface area contributed by atoms with Gasteiger partial charge in [-0.1, -0.05) is 29.3 Å². The topological polar surface area (TPSA) is 68.3 Å². The highest BCUT2D eigenvalue weighted by molar-refractivity contribution is 6.42. The molecule has 0 fully saturated rings. The van der Waals surface area contributed by atoms with Crippen LogP contribution in [0, 0.1) is 10.1 Å². The molecule has 0 saturated carbocycles. The zero-order chi connectivity index (χ0) is 14.7. The number of hydrogen-bond acceptors (Lipinski definition) is 4. The number of furan rings is 1. The van der Waals surface area contributed by atoms with Gasteiger partial charge in [-0.15, -0.1) is 0 Å². The Hall–Kier alpha value is -1.56. The van der Waals surface area contributed by atoms with E-state index in [1.807, 2.05) is 6.07 Å². The van der Waals surface area contributed by atoms with Crippen LogP contribution in [0.1, 0.15) is 17.4 Å². The molecule has 0 aliphatic carbocycles. The molecular formula is C13H12Cl2N2O3. The lowest BCUT2D eigenvalue weighted by molar-refractivity contribution is -0.402. The smallest absolute Gasteiger partial charge is 0.404 e. The van der Waals surface area contributed by atoms with E-state index in [0.29, 0.717) is 22.2 Å². The van der Waals surface area contributed by atoms with Crippen LogP contribution in [0.15, 0.2) is 34.7 Å². The molecule has 5 nitrogen and oxygen atoms in total. The molecule has 1 aromatic heterocycles. The summed E-state index contributed by atoms with van der Waals surface area (Å²) in [5.41, 5.74) is 0.956. The fourth-order valence-electron chi connectivity index (χ4n) is 1.87. The number of nitro groups is 1. The van der Waals surface area contributed by atoms with Crippen molar-refractivity contribution < 1.29 is 9.34 Å². The van der Waals surface area contributed by atoms with E-state index in [0.717, 1.165) is 5.56 Å². The first-order chi connectivity index (χ1) is 9.51. The van der Waals surface area contributed by atoms with Crippen molar-refractivity contribution in [1.29, 1.82) is 0 Å². The van der Waals surface area contributed by atoms with Crippen LogP contribution in [-0.2, 0) is 6.42 Å². The van der Waals surface area contributed by atoms with Crippen molar-refractivity contribution in [2.24, 2.45) is 0 Å². The summed E-state index contributed by atoms with van der Waals surface area (Å²) in [5.74, 6) is 0.236. The van der Waals surface area contributed by atoms with Gasteiger partial charge < -0.3 is 9.73 Å². The lowest BCUT2D eigenvalue weighted by Crippen LogP contribution is -2.18. The van der Waals surface area contributed by atoms with E-state index in [1.165, 1.54) is 6.07 Å². The fourth-order valence-corrected chi connectivity index (χ4v) is 2.20. The molecule has 20 heavy (non-hydrogen) atoms. The third-order valence-electron chi connectivity index (χ3n) is 2.91. The Bertz CT molecular complexity index is 628. The molecule has 1 unspecified atom stereocenters. The highest BCUT2D eigenvalue weighted by atomic mass is 35.5. The first-order valence-electron chi connectivity index (χ1n) is 5.86. The summed E-state index contributed by atoms with van der Waals surface area (Å²) < 4.78 is 5.20. The zero-order valence-corrected chi connectivity index (χ0v) is 12.1. The molecule has 2 rings (SSSR count).